The standard InChI is InChI=1S/C24H19F2N3O4S/c1-14-3-7-17(8-4-14)34(32,33)21-12-29(24-18(23(21)31)9-5-15(2)27-24)13-22(30)28-20-11-16(25)6-10-19(20)26/h3-12H,13H2,1-2H3,(H,28,30). The second-order valence-corrected chi connectivity index (χ2v) is 9.68. The van der Waals surface area contributed by atoms with E-state index in [1.807, 2.05) is 0 Å². The van der Waals surface area contributed by atoms with Crippen LogP contribution in [0.2, 0.25) is 0 Å². The molecular formula is C24H19F2N3O4S. The van der Waals surface area contributed by atoms with Crippen LogP contribution in [0.3, 0.4) is 0 Å². The Morgan fingerprint density at radius 1 is 1.03 bits per heavy atom. The lowest BCUT2D eigenvalue weighted by Gasteiger charge is -2.14. The molecule has 0 fully saturated rings. The normalized spacial score (nSPS) is 11.5. The smallest absolute Gasteiger partial charge is 0.244 e. The topological polar surface area (TPSA) is 98.1 Å². The Morgan fingerprint density at radius 3 is 2.44 bits per heavy atom. The van der Waals surface area contributed by atoms with Crippen LogP contribution in [-0.4, -0.2) is 23.9 Å². The molecule has 2 aromatic carbocycles. The van der Waals surface area contributed by atoms with E-state index >= 15 is 0 Å². The average Bonchev–Trinajstić information content (AvgIpc) is 2.78. The molecule has 0 aliphatic rings. The van der Waals surface area contributed by atoms with Gasteiger partial charge in [0.15, 0.2) is 0 Å². The molecule has 0 spiro atoms. The summed E-state index contributed by atoms with van der Waals surface area (Å²) in [5.74, 6) is -2.35. The first-order valence-corrected chi connectivity index (χ1v) is 11.6. The number of aryl methyl sites for hydroxylation is 2. The lowest BCUT2D eigenvalue weighted by molar-refractivity contribution is -0.116. The Kier molecular flexibility index (Phi) is 6.01. The molecule has 34 heavy (non-hydrogen) atoms. The predicted molar refractivity (Wildman–Crippen MR) is 122 cm³/mol. The van der Waals surface area contributed by atoms with Crippen LogP contribution in [0.4, 0.5) is 14.5 Å². The molecule has 7 nitrogen and oxygen atoms in total. The molecule has 0 atom stereocenters. The third kappa shape index (κ3) is 4.44. The molecule has 2 aromatic heterocycles. The fourth-order valence-corrected chi connectivity index (χ4v) is 4.80. The minimum absolute atomic E-state index is 0.00326. The van der Waals surface area contributed by atoms with Gasteiger partial charge in [0.1, 0.15) is 28.7 Å². The van der Waals surface area contributed by atoms with Gasteiger partial charge < -0.3 is 9.88 Å². The number of carbonyl (C=O) groups excluding carboxylic acids is 1. The highest BCUT2D eigenvalue weighted by molar-refractivity contribution is 7.91. The van der Waals surface area contributed by atoms with Crippen molar-refractivity contribution in [3.63, 3.8) is 0 Å². The molecule has 2 heterocycles. The third-order valence-corrected chi connectivity index (χ3v) is 6.93. The van der Waals surface area contributed by atoms with E-state index in [9.17, 15) is 26.8 Å². The summed E-state index contributed by atoms with van der Waals surface area (Å²) >= 11 is 0. The molecule has 0 saturated heterocycles. The van der Waals surface area contributed by atoms with Gasteiger partial charge >= 0.3 is 0 Å². The van der Waals surface area contributed by atoms with E-state index < -0.39 is 44.2 Å². The van der Waals surface area contributed by atoms with Crippen molar-refractivity contribution in [3.8, 4) is 0 Å². The van der Waals surface area contributed by atoms with Gasteiger partial charge in [0.2, 0.25) is 21.2 Å². The van der Waals surface area contributed by atoms with Crippen LogP contribution < -0.4 is 10.7 Å². The molecule has 0 radical (unpaired) electrons. The second kappa shape index (κ2) is 8.79. The highest BCUT2D eigenvalue weighted by atomic mass is 32.2. The molecule has 10 heteroatoms. The Hall–Kier alpha value is -3.92. The predicted octanol–water partition coefficient (Wildman–Crippen LogP) is 3.76. The van der Waals surface area contributed by atoms with Crippen molar-refractivity contribution >= 4 is 32.5 Å². The van der Waals surface area contributed by atoms with Gasteiger partial charge in [-0.25, -0.2) is 22.2 Å². The first-order valence-electron chi connectivity index (χ1n) is 10.1. The van der Waals surface area contributed by atoms with E-state index in [-0.39, 0.29) is 21.6 Å². The zero-order valence-electron chi connectivity index (χ0n) is 18.2. The SMILES string of the molecule is Cc1ccc(S(=O)(=O)c2cn(CC(=O)Nc3cc(F)ccc3F)c3nc(C)ccc3c2=O)cc1. The fraction of sp³-hybridized carbons (Fsp3) is 0.125. The maximum atomic E-state index is 13.9. The molecule has 0 saturated carbocycles. The number of hydrogen-bond acceptors (Lipinski definition) is 5. The van der Waals surface area contributed by atoms with E-state index in [1.54, 1.807) is 32.0 Å². The number of rotatable bonds is 5. The number of pyridine rings is 2. The number of sulfone groups is 1. The number of anilines is 1. The molecular weight excluding hydrogens is 464 g/mol. The molecule has 0 unspecified atom stereocenters. The summed E-state index contributed by atoms with van der Waals surface area (Å²) in [6.07, 6.45) is 1.05. The molecule has 1 amide bonds. The van der Waals surface area contributed by atoms with Crippen LogP contribution in [0.25, 0.3) is 11.0 Å². The van der Waals surface area contributed by atoms with Crippen molar-refractivity contribution in [2.24, 2.45) is 0 Å². The number of halogens is 2. The maximum Gasteiger partial charge on any atom is 0.244 e. The number of nitrogens with zero attached hydrogens (tertiary/aromatic N) is 2. The summed E-state index contributed by atoms with van der Waals surface area (Å²) in [4.78, 5) is 29.4. The van der Waals surface area contributed by atoms with Crippen LogP contribution in [0.5, 0.6) is 0 Å². The van der Waals surface area contributed by atoms with Crippen molar-refractivity contribution < 1.29 is 22.0 Å². The largest absolute Gasteiger partial charge is 0.322 e. The minimum atomic E-state index is -4.22. The van der Waals surface area contributed by atoms with E-state index in [1.165, 1.54) is 22.8 Å². The van der Waals surface area contributed by atoms with Gasteiger partial charge in [-0.2, -0.15) is 0 Å². The van der Waals surface area contributed by atoms with Crippen molar-refractivity contribution in [2.75, 3.05) is 5.32 Å². The quantitative estimate of drug-likeness (QED) is 0.466. The number of aromatic nitrogens is 2. The van der Waals surface area contributed by atoms with Crippen molar-refractivity contribution in [1.82, 2.24) is 9.55 Å². The van der Waals surface area contributed by atoms with E-state index in [2.05, 4.69) is 10.3 Å². The van der Waals surface area contributed by atoms with Crippen molar-refractivity contribution in [1.29, 1.82) is 0 Å². The van der Waals surface area contributed by atoms with E-state index in [0.29, 0.717) is 5.69 Å². The zero-order valence-corrected chi connectivity index (χ0v) is 19.0. The van der Waals surface area contributed by atoms with Gasteiger partial charge in [-0.1, -0.05) is 17.7 Å². The van der Waals surface area contributed by atoms with Gasteiger partial charge in [-0.05, 0) is 50.2 Å². The number of hydrogen-bond donors (Lipinski definition) is 1. The van der Waals surface area contributed by atoms with Gasteiger partial charge in [0.25, 0.3) is 0 Å². The zero-order chi connectivity index (χ0) is 24.6. The number of carbonyl (C=O) groups is 1. The summed E-state index contributed by atoms with van der Waals surface area (Å²) in [5, 5.41) is 2.26. The summed E-state index contributed by atoms with van der Waals surface area (Å²) in [6, 6.07) is 11.6. The summed E-state index contributed by atoms with van der Waals surface area (Å²) in [5.41, 5.74) is 0.341. The van der Waals surface area contributed by atoms with Crippen molar-refractivity contribution in [3.05, 3.63) is 93.9 Å². The molecule has 0 bridgehead atoms. The fourth-order valence-electron chi connectivity index (χ4n) is 3.43. The van der Waals surface area contributed by atoms with Gasteiger partial charge in [0, 0.05) is 18.0 Å². The van der Waals surface area contributed by atoms with E-state index in [4.69, 9.17) is 0 Å². The second-order valence-electron chi connectivity index (χ2n) is 7.76. The summed E-state index contributed by atoms with van der Waals surface area (Å²) in [7, 11) is -4.22. The minimum Gasteiger partial charge on any atom is -0.322 e. The monoisotopic (exact) mass is 483 g/mol. The van der Waals surface area contributed by atoms with Gasteiger partial charge in [0.05, 0.1) is 16.0 Å². The van der Waals surface area contributed by atoms with Gasteiger partial charge in [-0.15, -0.1) is 0 Å². The Bertz CT molecular complexity index is 1600. The molecule has 0 aliphatic heterocycles. The Balaban J connectivity index is 1.83. The number of fused-ring (bicyclic) bond motifs is 1. The molecule has 0 aliphatic carbocycles. The lowest BCUT2D eigenvalue weighted by atomic mass is 10.2. The Morgan fingerprint density at radius 2 is 1.74 bits per heavy atom. The highest BCUT2D eigenvalue weighted by Gasteiger charge is 2.25. The number of nitrogens with one attached hydrogen (secondary N) is 1. The maximum absolute atomic E-state index is 13.9. The van der Waals surface area contributed by atoms with Crippen LogP contribution in [-0.2, 0) is 21.2 Å². The van der Waals surface area contributed by atoms with Crippen molar-refractivity contribution in [2.45, 2.75) is 30.2 Å². The molecule has 4 aromatic rings. The summed E-state index contributed by atoms with van der Waals surface area (Å²) in [6.45, 7) is 2.97. The number of benzene rings is 2. The summed E-state index contributed by atoms with van der Waals surface area (Å²) < 4.78 is 55.1. The first kappa shape index (κ1) is 23.2. The molecule has 1 N–H and O–H groups in total. The molecule has 174 valence electrons. The Labute approximate surface area is 193 Å². The third-order valence-electron chi connectivity index (χ3n) is 5.17. The lowest BCUT2D eigenvalue weighted by Crippen LogP contribution is -2.24. The average molecular weight is 483 g/mol. The first-order chi connectivity index (χ1) is 16.1. The van der Waals surface area contributed by atoms with Crippen LogP contribution in [0.15, 0.2) is 75.4 Å². The van der Waals surface area contributed by atoms with Gasteiger partial charge in [-0.3, -0.25) is 9.59 Å². The van der Waals surface area contributed by atoms with E-state index in [0.717, 1.165) is 30.0 Å². The van der Waals surface area contributed by atoms with Crippen LogP contribution in [0, 0.1) is 25.5 Å². The van der Waals surface area contributed by atoms with Crippen LogP contribution in [0.1, 0.15) is 11.3 Å². The number of amides is 1. The molecule has 4 rings (SSSR count). The van der Waals surface area contributed by atoms with Crippen LogP contribution >= 0.6 is 0 Å². The highest BCUT2D eigenvalue weighted by Crippen LogP contribution is 2.22.